The van der Waals surface area contributed by atoms with Gasteiger partial charge in [-0.1, -0.05) is 168 Å². The zero-order chi connectivity index (χ0) is 50.0. The van der Waals surface area contributed by atoms with Gasteiger partial charge >= 0.3 is 0 Å². The number of aromatic nitrogens is 5. The van der Waals surface area contributed by atoms with Crippen molar-refractivity contribution in [2.24, 2.45) is 0 Å². The van der Waals surface area contributed by atoms with Crippen molar-refractivity contribution in [2.45, 2.75) is 27.7 Å². The number of fused-ring (bicyclic) bond motifs is 6. The molecule has 6 heteroatoms. The fourth-order valence-electron chi connectivity index (χ4n) is 11.1. The van der Waals surface area contributed by atoms with Gasteiger partial charge in [0, 0.05) is 49.4 Å². The molecule has 13 rings (SSSR count). The van der Waals surface area contributed by atoms with Gasteiger partial charge in [-0.25, -0.2) is 15.0 Å². The van der Waals surface area contributed by atoms with E-state index in [2.05, 4.69) is 188 Å². The van der Waals surface area contributed by atoms with E-state index < -0.39 is 0 Å². The summed E-state index contributed by atoms with van der Waals surface area (Å²) in [7, 11) is 0. The highest BCUT2D eigenvalue weighted by Gasteiger charge is 2.24. The number of hydrogen-bond acceptors (Lipinski definition) is 4. The van der Waals surface area contributed by atoms with Crippen LogP contribution in [0.15, 0.2) is 218 Å². The van der Waals surface area contributed by atoms with Gasteiger partial charge in [-0.05, 0) is 123 Å². The zero-order valence-corrected chi connectivity index (χ0v) is 41.5. The van der Waals surface area contributed by atoms with Crippen LogP contribution >= 0.6 is 0 Å². The van der Waals surface area contributed by atoms with Gasteiger partial charge in [0.05, 0.1) is 45.1 Å². The fraction of sp³-hybridized carbons (Fsp3) is 0.0588. The number of aryl methyl sites for hydroxylation is 4. The van der Waals surface area contributed by atoms with Gasteiger partial charge in [-0.15, -0.1) is 0 Å². The minimum Gasteiger partial charge on any atom is -0.309 e. The van der Waals surface area contributed by atoms with Crippen LogP contribution < -0.4 is 0 Å². The number of benzene rings is 10. The second-order valence-corrected chi connectivity index (χ2v) is 19.5. The third-order valence-corrected chi connectivity index (χ3v) is 14.3. The van der Waals surface area contributed by atoms with Crippen molar-refractivity contribution in [3.8, 4) is 85.0 Å². The second kappa shape index (κ2) is 17.9. The van der Waals surface area contributed by atoms with Crippen molar-refractivity contribution in [1.82, 2.24) is 24.1 Å². The summed E-state index contributed by atoms with van der Waals surface area (Å²) in [5.74, 6) is 1.71. The van der Waals surface area contributed by atoms with Crippen LogP contribution in [0.25, 0.3) is 123 Å². The van der Waals surface area contributed by atoms with Crippen molar-refractivity contribution >= 4 is 43.6 Å². The van der Waals surface area contributed by atoms with Gasteiger partial charge in [0.1, 0.15) is 0 Å². The second-order valence-electron chi connectivity index (χ2n) is 19.5. The zero-order valence-electron chi connectivity index (χ0n) is 41.5. The molecular formula is C68H48N6. The first-order chi connectivity index (χ1) is 36.2. The van der Waals surface area contributed by atoms with E-state index in [4.69, 9.17) is 15.0 Å². The summed E-state index contributed by atoms with van der Waals surface area (Å²) >= 11 is 0. The lowest BCUT2D eigenvalue weighted by molar-refractivity contribution is 1.07. The van der Waals surface area contributed by atoms with Crippen LogP contribution in [0.2, 0.25) is 0 Å². The van der Waals surface area contributed by atoms with E-state index in [1.807, 2.05) is 72.8 Å². The van der Waals surface area contributed by atoms with Crippen LogP contribution in [0.1, 0.15) is 27.8 Å². The van der Waals surface area contributed by atoms with Crippen LogP contribution in [0, 0.1) is 39.0 Å². The summed E-state index contributed by atoms with van der Waals surface area (Å²) in [5, 5.41) is 15.4. The molecule has 0 spiro atoms. The molecule has 0 aliphatic heterocycles. The van der Waals surface area contributed by atoms with E-state index in [0.717, 1.165) is 93.9 Å². The molecular weight excluding hydrogens is 901 g/mol. The topological polar surface area (TPSA) is 72.3 Å². The molecule has 0 fully saturated rings. The molecule has 6 nitrogen and oxygen atoms in total. The van der Waals surface area contributed by atoms with Crippen molar-refractivity contribution in [2.75, 3.05) is 0 Å². The predicted molar refractivity (Wildman–Crippen MR) is 305 cm³/mol. The van der Waals surface area contributed by atoms with Crippen LogP contribution in [0.5, 0.6) is 0 Å². The molecule has 350 valence electrons. The normalized spacial score (nSPS) is 11.5. The number of para-hydroxylation sites is 2. The lowest BCUT2D eigenvalue weighted by Gasteiger charge is -2.20. The van der Waals surface area contributed by atoms with Gasteiger partial charge < -0.3 is 9.13 Å². The number of rotatable bonds is 8. The van der Waals surface area contributed by atoms with Gasteiger partial charge in [0.2, 0.25) is 0 Å². The Balaban J connectivity index is 1.10. The van der Waals surface area contributed by atoms with Gasteiger partial charge in [-0.2, -0.15) is 5.26 Å². The molecule has 0 bridgehead atoms. The highest BCUT2D eigenvalue weighted by Crippen LogP contribution is 2.44. The summed E-state index contributed by atoms with van der Waals surface area (Å²) in [5.41, 5.74) is 20.8. The molecule has 0 atom stereocenters. The van der Waals surface area contributed by atoms with Crippen LogP contribution in [-0.2, 0) is 0 Å². The van der Waals surface area contributed by atoms with Crippen molar-refractivity contribution in [1.29, 1.82) is 5.26 Å². The molecule has 0 amide bonds. The molecule has 3 heterocycles. The molecule has 0 N–H and O–H groups in total. The molecule has 0 unspecified atom stereocenters. The first kappa shape index (κ1) is 44.3. The van der Waals surface area contributed by atoms with E-state index in [1.165, 1.54) is 33.4 Å². The number of nitrogens with zero attached hydrogens (tertiary/aromatic N) is 6. The Bertz CT molecular complexity index is 4320. The Morgan fingerprint density at radius 1 is 0.311 bits per heavy atom. The van der Waals surface area contributed by atoms with Gasteiger partial charge in [0.25, 0.3) is 0 Å². The lowest BCUT2D eigenvalue weighted by Crippen LogP contribution is -2.04. The third-order valence-electron chi connectivity index (χ3n) is 14.3. The summed E-state index contributed by atoms with van der Waals surface area (Å²) in [6.45, 7) is 8.63. The smallest absolute Gasteiger partial charge is 0.164 e. The minimum absolute atomic E-state index is 0.541. The monoisotopic (exact) mass is 948 g/mol. The molecule has 3 aromatic heterocycles. The number of nitriles is 1. The van der Waals surface area contributed by atoms with Crippen molar-refractivity contribution in [3.05, 3.63) is 246 Å². The molecule has 0 aliphatic carbocycles. The fourth-order valence-corrected chi connectivity index (χ4v) is 11.1. The maximum atomic E-state index is 10.8. The van der Waals surface area contributed by atoms with E-state index in [0.29, 0.717) is 23.0 Å². The summed E-state index contributed by atoms with van der Waals surface area (Å²) < 4.78 is 4.76. The van der Waals surface area contributed by atoms with Crippen LogP contribution in [0.4, 0.5) is 0 Å². The highest BCUT2D eigenvalue weighted by molar-refractivity contribution is 6.13. The van der Waals surface area contributed by atoms with Crippen LogP contribution in [-0.4, -0.2) is 24.1 Å². The van der Waals surface area contributed by atoms with Gasteiger partial charge in [0.15, 0.2) is 17.5 Å². The molecule has 13 aromatic rings. The van der Waals surface area contributed by atoms with Crippen LogP contribution in [0.3, 0.4) is 0 Å². The average molecular weight is 949 g/mol. The molecule has 10 aromatic carbocycles. The maximum Gasteiger partial charge on any atom is 0.164 e. The highest BCUT2D eigenvalue weighted by atomic mass is 15.0. The van der Waals surface area contributed by atoms with Crippen molar-refractivity contribution < 1.29 is 0 Å². The molecule has 0 radical (unpaired) electrons. The molecule has 74 heavy (non-hydrogen) atoms. The number of hydrogen-bond donors (Lipinski definition) is 0. The Hall–Kier alpha value is -9.70. The summed E-state index contributed by atoms with van der Waals surface area (Å²) in [4.78, 5) is 15.5. The van der Waals surface area contributed by atoms with Gasteiger partial charge in [-0.3, -0.25) is 0 Å². The predicted octanol–water partition coefficient (Wildman–Crippen LogP) is 17.2. The summed E-state index contributed by atoms with van der Waals surface area (Å²) in [6.07, 6.45) is 0. The molecule has 0 saturated carbocycles. The first-order valence-electron chi connectivity index (χ1n) is 25.0. The van der Waals surface area contributed by atoms with E-state index in [9.17, 15) is 5.26 Å². The van der Waals surface area contributed by atoms with Crippen molar-refractivity contribution in [3.63, 3.8) is 0 Å². The Morgan fingerprint density at radius 2 is 0.703 bits per heavy atom. The molecule has 0 aliphatic rings. The Kier molecular flexibility index (Phi) is 10.7. The summed E-state index contributed by atoms with van der Waals surface area (Å²) in [6, 6.07) is 79.8. The van der Waals surface area contributed by atoms with E-state index >= 15 is 0 Å². The van der Waals surface area contributed by atoms with E-state index in [-0.39, 0.29) is 0 Å². The lowest BCUT2D eigenvalue weighted by atomic mass is 9.96. The largest absolute Gasteiger partial charge is 0.309 e. The van der Waals surface area contributed by atoms with E-state index in [1.54, 1.807) is 0 Å². The Labute approximate surface area is 429 Å². The first-order valence-corrected chi connectivity index (χ1v) is 25.0. The standard InChI is InChI=1S/C68H48N6/c1-42-31-43(2)34-52(33-42)49-24-28-63-57(38-49)54-19-11-13-21-60(54)73(63)62-27-23-46(41-69)37-56(62)59-40-51(68-71-66(47-15-7-5-8-16-47)70-67(72-68)48-17-9-6-10-18-48)26-30-65(59)74-61-22-14-12-20-55(61)58-39-50(25-29-64(58)74)53-35-44(3)32-45(4)36-53/h5-40H,1-4H3. The third kappa shape index (κ3) is 7.71. The minimum atomic E-state index is 0.541. The maximum absolute atomic E-state index is 10.8. The molecule has 0 saturated heterocycles. The SMILES string of the molecule is Cc1cc(C)cc(-c2ccc3c(c2)c2ccccc2n3-c2ccc(C#N)cc2-c2cc(-c3nc(-c4ccccc4)nc(-c4ccccc4)n3)ccc2-n2c3ccccc3c3cc(-c4cc(C)cc(C)c4)ccc32)c1. The quantitative estimate of drug-likeness (QED) is 0.152. The average Bonchev–Trinajstić information content (AvgIpc) is 3.94. The Morgan fingerprint density at radius 3 is 1.18 bits per heavy atom.